The van der Waals surface area contributed by atoms with Crippen molar-refractivity contribution in [1.29, 1.82) is 0 Å². The van der Waals surface area contributed by atoms with Crippen molar-refractivity contribution >= 4 is 34.0 Å². The molecule has 0 saturated carbocycles. The van der Waals surface area contributed by atoms with Gasteiger partial charge in [0.05, 0.1) is 6.54 Å². The second-order valence-corrected chi connectivity index (χ2v) is 7.12. The molecule has 0 radical (unpaired) electrons. The molecular formula is C21H17N5O2S. The molecule has 2 amide bonds. The zero-order chi connectivity index (χ0) is 20.1. The van der Waals surface area contributed by atoms with Crippen molar-refractivity contribution in [3.05, 3.63) is 95.3 Å². The lowest BCUT2D eigenvalue weighted by molar-refractivity contribution is 0.102. The van der Waals surface area contributed by atoms with Crippen molar-refractivity contribution in [2.24, 2.45) is 0 Å². The van der Waals surface area contributed by atoms with Gasteiger partial charge in [0.1, 0.15) is 0 Å². The lowest BCUT2D eigenvalue weighted by Crippen LogP contribution is -2.13. The van der Waals surface area contributed by atoms with Crippen LogP contribution < -0.4 is 10.6 Å². The monoisotopic (exact) mass is 403 g/mol. The van der Waals surface area contributed by atoms with Gasteiger partial charge in [-0.2, -0.15) is 5.10 Å². The molecule has 0 bridgehead atoms. The minimum Gasteiger partial charge on any atom is -0.322 e. The fraction of sp³-hybridized carbons (Fsp3) is 0.0476. The fourth-order valence-electron chi connectivity index (χ4n) is 2.71. The van der Waals surface area contributed by atoms with E-state index in [1.165, 1.54) is 11.3 Å². The number of thiazole rings is 1. The van der Waals surface area contributed by atoms with Gasteiger partial charge < -0.3 is 5.32 Å². The van der Waals surface area contributed by atoms with Crippen molar-refractivity contribution in [1.82, 2.24) is 14.8 Å². The quantitative estimate of drug-likeness (QED) is 0.511. The average Bonchev–Trinajstić information content (AvgIpc) is 3.43. The summed E-state index contributed by atoms with van der Waals surface area (Å²) >= 11 is 1.35. The first-order valence-corrected chi connectivity index (χ1v) is 9.74. The number of hydrogen-bond donors (Lipinski definition) is 2. The Morgan fingerprint density at radius 1 is 0.897 bits per heavy atom. The van der Waals surface area contributed by atoms with Gasteiger partial charge in [0.2, 0.25) is 0 Å². The summed E-state index contributed by atoms with van der Waals surface area (Å²) in [6, 6.07) is 16.0. The van der Waals surface area contributed by atoms with Gasteiger partial charge in [-0.3, -0.25) is 19.6 Å². The lowest BCUT2D eigenvalue weighted by atomic mass is 10.1. The number of hydrogen-bond acceptors (Lipinski definition) is 5. The maximum atomic E-state index is 12.5. The number of nitrogens with one attached hydrogen (secondary N) is 2. The molecular weight excluding hydrogens is 386 g/mol. The third-order valence-electron chi connectivity index (χ3n) is 4.18. The first kappa shape index (κ1) is 18.6. The van der Waals surface area contributed by atoms with Crippen LogP contribution in [0, 0.1) is 0 Å². The van der Waals surface area contributed by atoms with Gasteiger partial charge in [-0.15, -0.1) is 11.3 Å². The topological polar surface area (TPSA) is 88.9 Å². The van der Waals surface area contributed by atoms with E-state index in [0.717, 1.165) is 5.56 Å². The third-order valence-corrected chi connectivity index (χ3v) is 4.87. The van der Waals surface area contributed by atoms with Gasteiger partial charge in [0.15, 0.2) is 5.13 Å². The molecule has 2 aromatic heterocycles. The molecule has 8 heteroatoms. The Kier molecular flexibility index (Phi) is 5.44. The summed E-state index contributed by atoms with van der Waals surface area (Å²) in [6.07, 6.45) is 5.25. The van der Waals surface area contributed by atoms with Gasteiger partial charge >= 0.3 is 0 Å². The Labute approximate surface area is 171 Å². The molecule has 4 aromatic rings. The van der Waals surface area contributed by atoms with Crippen molar-refractivity contribution in [2.75, 3.05) is 10.6 Å². The summed E-state index contributed by atoms with van der Waals surface area (Å²) in [7, 11) is 0. The van der Waals surface area contributed by atoms with Gasteiger partial charge in [0.25, 0.3) is 11.8 Å². The molecule has 0 atom stereocenters. The molecule has 0 spiro atoms. The predicted octanol–water partition coefficient (Wildman–Crippen LogP) is 3.89. The summed E-state index contributed by atoms with van der Waals surface area (Å²) in [5.74, 6) is -0.457. The van der Waals surface area contributed by atoms with E-state index in [0.29, 0.717) is 28.5 Å². The smallest absolute Gasteiger partial charge is 0.257 e. The van der Waals surface area contributed by atoms with Gasteiger partial charge in [0, 0.05) is 40.8 Å². The number of aromatic nitrogens is 3. The SMILES string of the molecule is O=C(Nc1ccc(C(=O)Nc2nccs2)cc1)c1ccc(Cn2cccn2)cc1. The van der Waals surface area contributed by atoms with Crippen molar-refractivity contribution in [3.63, 3.8) is 0 Å². The highest BCUT2D eigenvalue weighted by Gasteiger charge is 2.09. The predicted molar refractivity (Wildman–Crippen MR) is 112 cm³/mol. The Morgan fingerprint density at radius 2 is 1.59 bits per heavy atom. The summed E-state index contributed by atoms with van der Waals surface area (Å²) in [5.41, 5.74) is 2.71. The number of carbonyl (C=O) groups excluding carboxylic acids is 2. The third kappa shape index (κ3) is 4.74. The van der Waals surface area contributed by atoms with E-state index in [1.807, 2.05) is 29.1 Å². The first-order chi connectivity index (χ1) is 14.2. The lowest BCUT2D eigenvalue weighted by Gasteiger charge is -2.08. The normalized spacial score (nSPS) is 10.5. The second kappa shape index (κ2) is 8.49. The number of amides is 2. The molecule has 0 aliphatic rings. The summed E-state index contributed by atoms with van der Waals surface area (Å²) in [6.45, 7) is 0.652. The van der Waals surface area contributed by atoms with Gasteiger partial charge in [-0.25, -0.2) is 4.98 Å². The second-order valence-electron chi connectivity index (χ2n) is 6.22. The number of nitrogens with zero attached hydrogens (tertiary/aromatic N) is 3. The maximum absolute atomic E-state index is 12.5. The van der Waals surface area contributed by atoms with E-state index in [9.17, 15) is 9.59 Å². The van der Waals surface area contributed by atoms with E-state index in [2.05, 4.69) is 20.7 Å². The van der Waals surface area contributed by atoms with Crippen LogP contribution in [0.5, 0.6) is 0 Å². The highest BCUT2D eigenvalue weighted by atomic mass is 32.1. The molecule has 144 valence electrons. The van der Waals surface area contributed by atoms with Crippen LogP contribution in [0.4, 0.5) is 10.8 Å². The Balaban J connectivity index is 1.36. The van der Waals surface area contributed by atoms with E-state index in [1.54, 1.807) is 54.2 Å². The van der Waals surface area contributed by atoms with E-state index >= 15 is 0 Å². The Hall–Kier alpha value is -3.78. The molecule has 2 aromatic carbocycles. The van der Waals surface area contributed by atoms with Gasteiger partial charge in [-0.05, 0) is 48.0 Å². The summed E-state index contributed by atoms with van der Waals surface area (Å²) in [5, 5.41) is 12.1. The van der Waals surface area contributed by atoms with Crippen molar-refractivity contribution in [2.45, 2.75) is 6.54 Å². The van der Waals surface area contributed by atoms with E-state index in [-0.39, 0.29) is 11.8 Å². The molecule has 7 nitrogen and oxygen atoms in total. The molecule has 2 N–H and O–H groups in total. The Morgan fingerprint density at radius 3 is 2.21 bits per heavy atom. The molecule has 0 unspecified atom stereocenters. The molecule has 0 aliphatic carbocycles. The van der Waals surface area contributed by atoms with Crippen LogP contribution in [0.1, 0.15) is 26.3 Å². The molecule has 4 rings (SSSR count). The standard InChI is InChI=1S/C21H17N5O2S/c27-19(16-4-2-15(3-5-16)14-26-12-1-10-23-26)24-18-8-6-17(7-9-18)20(28)25-21-22-11-13-29-21/h1-13H,14H2,(H,24,27)(H,22,25,28). The Bertz CT molecular complexity index is 1090. The summed E-state index contributed by atoms with van der Waals surface area (Å²) in [4.78, 5) is 28.7. The van der Waals surface area contributed by atoms with Crippen LogP contribution in [0.15, 0.2) is 78.6 Å². The van der Waals surface area contributed by atoms with Crippen molar-refractivity contribution in [3.8, 4) is 0 Å². The molecule has 0 aliphatic heterocycles. The van der Waals surface area contributed by atoms with Crippen molar-refractivity contribution < 1.29 is 9.59 Å². The van der Waals surface area contributed by atoms with Crippen LogP contribution >= 0.6 is 11.3 Å². The molecule has 29 heavy (non-hydrogen) atoms. The first-order valence-electron chi connectivity index (χ1n) is 8.86. The number of benzene rings is 2. The fourth-order valence-corrected chi connectivity index (χ4v) is 3.23. The highest BCUT2D eigenvalue weighted by molar-refractivity contribution is 7.13. The van der Waals surface area contributed by atoms with Gasteiger partial charge in [-0.1, -0.05) is 12.1 Å². The zero-order valence-electron chi connectivity index (χ0n) is 15.3. The number of rotatable bonds is 6. The molecule has 2 heterocycles. The zero-order valence-corrected chi connectivity index (χ0v) is 16.1. The van der Waals surface area contributed by atoms with Crippen LogP contribution in [-0.2, 0) is 6.54 Å². The van der Waals surface area contributed by atoms with Crippen LogP contribution in [-0.4, -0.2) is 26.6 Å². The maximum Gasteiger partial charge on any atom is 0.257 e. The molecule has 0 saturated heterocycles. The van der Waals surface area contributed by atoms with E-state index < -0.39 is 0 Å². The van der Waals surface area contributed by atoms with Crippen LogP contribution in [0.2, 0.25) is 0 Å². The average molecular weight is 403 g/mol. The number of anilines is 2. The van der Waals surface area contributed by atoms with Crippen LogP contribution in [0.3, 0.4) is 0 Å². The minimum absolute atomic E-state index is 0.212. The number of carbonyl (C=O) groups is 2. The summed E-state index contributed by atoms with van der Waals surface area (Å²) < 4.78 is 1.82. The highest BCUT2D eigenvalue weighted by Crippen LogP contribution is 2.15. The largest absolute Gasteiger partial charge is 0.322 e. The van der Waals surface area contributed by atoms with Crippen LogP contribution in [0.25, 0.3) is 0 Å². The van der Waals surface area contributed by atoms with E-state index in [4.69, 9.17) is 0 Å². The minimum atomic E-state index is -0.245. The molecule has 0 fully saturated rings.